The van der Waals surface area contributed by atoms with Crippen molar-refractivity contribution in [2.24, 2.45) is 5.92 Å². The first kappa shape index (κ1) is 15.3. The van der Waals surface area contributed by atoms with Crippen LogP contribution in [-0.2, 0) is 0 Å². The molecule has 1 N–H and O–H groups in total. The molecule has 0 spiro atoms. The van der Waals surface area contributed by atoms with Crippen molar-refractivity contribution in [2.75, 3.05) is 19.6 Å². The van der Waals surface area contributed by atoms with Crippen molar-refractivity contribution in [3.8, 4) is 0 Å². The van der Waals surface area contributed by atoms with Crippen LogP contribution >= 0.6 is 0 Å². The van der Waals surface area contributed by atoms with Gasteiger partial charge in [-0.1, -0.05) is 39.5 Å². The monoisotopic (exact) mass is 266 g/mol. The minimum Gasteiger partial charge on any atom is -0.313 e. The summed E-state index contributed by atoms with van der Waals surface area (Å²) in [6, 6.07) is 1.59. The Balaban J connectivity index is 1.88. The molecule has 2 rings (SSSR count). The lowest BCUT2D eigenvalue weighted by atomic mass is 9.89. The van der Waals surface area contributed by atoms with Crippen molar-refractivity contribution in [1.29, 1.82) is 0 Å². The molecule has 1 aliphatic heterocycles. The van der Waals surface area contributed by atoms with E-state index in [4.69, 9.17) is 0 Å². The molecule has 2 aliphatic rings. The van der Waals surface area contributed by atoms with E-state index in [1.807, 2.05) is 0 Å². The fourth-order valence-corrected chi connectivity index (χ4v) is 4.26. The molecule has 0 amide bonds. The number of nitrogens with one attached hydrogen (secondary N) is 1. The number of nitrogens with zero attached hydrogens (tertiary/aromatic N) is 1. The molecule has 1 aliphatic carbocycles. The molecule has 0 aromatic carbocycles. The second-order valence-corrected chi connectivity index (χ2v) is 6.64. The Morgan fingerprint density at radius 3 is 2.58 bits per heavy atom. The minimum absolute atomic E-state index is 0.765. The van der Waals surface area contributed by atoms with Crippen LogP contribution in [0.2, 0.25) is 0 Å². The van der Waals surface area contributed by atoms with Crippen molar-refractivity contribution in [3.63, 3.8) is 0 Å². The first-order valence-corrected chi connectivity index (χ1v) is 8.82. The van der Waals surface area contributed by atoms with Gasteiger partial charge in [0.05, 0.1) is 0 Å². The van der Waals surface area contributed by atoms with Gasteiger partial charge in [0.15, 0.2) is 0 Å². The van der Waals surface area contributed by atoms with Gasteiger partial charge >= 0.3 is 0 Å². The van der Waals surface area contributed by atoms with E-state index < -0.39 is 0 Å². The number of likely N-dealkylation sites (tertiary alicyclic amines) is 1. The average molecular weight is 266 g/mol. The fourth-order valence-electron chi connectivity index (χ4n) is 4.26. The van der Waals surface area contributed by atoms with E-state index in [2.05, 4.69) is 24.1 Å². The van der Waals surface area contributed by atoms with Gasteiger partial charge in [0.2, 0.25) is 0 Å². The summed E-state index contributed by atoms with van der Waals surface area (Å²) in [4.78, 5) is 2.84. The molecule has 0 radical (unpaired) electrons. The lowest BCUT2D eigenvalue weighted by Crippen LogP contribution is -2.52. The zero-order chi connectivity index (χ0) is 13.5. The van der Waals surface area contributed by atoms with Crippen LogP contribution in [0.15, 0.2) is 0 Å². The Morgan fingerprint density at radius 2 is 1.79 bits per heavy atom. The standard InChI is InChI=1S/C17H34N2/c1-3-8-15-9-7-13-19(14-12-15)17-11-6-5-10-16(17)18-4-2/h15-18H,3-14H2,1-2H3. The maximum Gasteiger partial charge on any atom is 0.0249 e. The lowest BCUT2D eigenvalue weighted by Gasteiger charge is -2.40. The molecule has 3 atom stereocenters. The Labute approximate surface area is 120 Å². The summed E-state index contributed by atoms with van der Waals surface area (Å²) in [5, 5.41) is 3.75. The normalized spacial score (nSPS) is 34.1. The largest absolute Gasteiger partial charge is 0.313 e. The van der Waals surface area contributed by atoms with Gasteiger partial charge in [-0.05, 0) is 57.7 Å². The van der Waals surface area contributed by atoms with Crippen molar-refractivity contribution in [2.45, 2.75) is 83.7 Å². The maximum atomic E-state index is 3.75. The third kappa shape index (κ3) is 4.46. The number of hydrogen-bond donors (Lipinski definition) is 1. The van der Waals surface area contributed by atoms with Crippen molar-refractivity contribution in [3.05, 3.63) is 0 Å². The summed E-state index contributed by atoms with van der Waals surface area (Å²) >= 11 is 0. The molecule has 1 heterocycles. The molecule has 0 bridgehead atoms. The second kappa shape index (κ2) is 8.26. The van der Waals surface area contributed by atoms with Gasteiger partial charge in [-0.15, -0.1) is 0 Å². The molecule has 1 saturated heterocycles. The van der Waals surface area contributed by atoms with Gasteiger partial charge in [-0.2, -0.15) is 0 Å². The summed E-state index contributed by atoms with van der Waals surface area (Å²) in [6.45, 7) is 8.44. The summed E-state index contributed by atoms with van der Waals surface area (Å²) in [6.07, 6.45) is 12.9. The molecular weight excluding hydrogens is 232 g/mol. The zero-order valence-corrected chi connectivity index (χ0v) is 13.2. The van der Waals surface area contributed by atoms with E-state index in [0.29, 0.717) is 0 Å². The quantitative estimate of drug-likeness (QED) is 0.814. The number of hydrogen-bond acceptors (Lipinski definition) is 2. The van der Waals surface area contributed by atoms with Crippen LogP contribution in [0.5, 0.6) is 0 Å². The highest BCUT2D eigenvalue weighted by Gasteiger charge is 2.30. The van der Waals surface area contributed by atoms with Crippen LogP contribution in [0.1, 0.15) is 71.6 Å². The minimum atomic E-state index is 0.765. The van der Waals surface area contributed by atoms with Gasteiger partial charge in [0.1, 0.15) is 0 Å². The predicted octanol–water partition coefficient (Wildman–Crippen LogP) is 3.81. The van der Waals surface area contributed by atoms with Crippen LogP contribution in [0, 0.1) is 5.92 Å². The van der Waals surface area contributed by atoms with E-state index in [1.54, 1.807) is 0 Å². The SMILES string of the molecule is CCCC1CCCN(C2CCCCC2NCC)CC1. The summed E-state index contributed by atoms with van der Waals surface area (Å²) in [5.74, 6) is 1.01. The third-order valence-electron chi connectivity index (χ3n) is 5.24. The number of likely N-dealkylation sites (N-methyl/N-ethyl adjacent to an activating group) is 1. The smallest absolute Gasteiger partial charge is 0.0249 e. The number of rotatable bonds is 5. The topological polar surface area (TPSA) is 15.3 Å². The van der Waals surface area contributed by atoms with Gasteiger partial charge < -0.3 is 5.32 Å². The van der Waals surface area contributed by atoms with Gasteiger partial charge in [0.25, 0.3) is 0 Å². The first-order valence-electron chi connectivity index (χ1n) is 8.82. The third-order valence-corrected chi connectivity index (χ3v) is 5.24. The molecule has 1 saturated carbocycles. The van der Waals surface area contributed by atoms with Gasteiger partial charge in [-0.25, -0.2) is 0 Å². The van der Waals surface area contributed by atoms with Crippen LogP contribution < -0.4 is 5.32 Å². The highest BCUT2D eigenvalue weighted by atomic mass is 15.2. The molecule has 2 heteroatoms. The molecule has 112 valence electrons. The van der Waals surface area contributed by atoms with Crippen LogP contribution in [-0.4, -0.2) is 36.6 Å². The van der Waals surface area contributed by atoms with Crippen LogP contribution in [0.25, 0.3) is 0 Å². The Hall–Kier alpha value is -0.0800. The molecule has 2 fully saturated rings. The lowest BCUT2D eigenvalue weighted by molar-refractivity contribution is 0.125. The fraction of sp³-hybridized carbons (Fsp3) is 1.00. The summed E-state index contributed by atoms with van der Waals surface area (Å²) < 4.78 is 0. The molecule has 3 unspecified atom stereocenters. The highest BCUT2D eigenvalue weighted by Crippen LogP contribution is 2.28. The molecule has 0 aromatic heterocycles. The van der Waals surface area contributed by atoms with E-state index in [-0.39, 0.29) is 0 Å². The summed E-state index contributed by atoms with van der Waals surface area (Å²) in [5.41, 5.74) is 0. The van der Waals surface area contributed by atoms with Crippen molar-refractivity contribution in [1.82, 2.24) is 10.2 Å². The maximum absolute atomic E-state index is 3.75. The molecule has 2 nitrogen and oxygen atoms in total. The van der Waals surface area contributed by atoms with Gasteiger partial charge in [0, 0.05) is 12.1 Å². The Morgan fingerprint density at radius 1 is 0.947 bits per heavy atom. The van der Waals surface area contributed by atoms with Crippen LogP contribution in [0.3, 0.4) is 0 Å². The average Bonchev–Trinajstić information content (AvgIpc) is 2.66. The van der Waals surface area contributed by atoms with Crippen LogP contribution in [0.4, 0.5) is 0 Å². The highest BCUT2D eigenvalue weighted by molar-refractivity contribution is 4.89. The predicted molar refractivity (Wildman–Crippen MR) is 83.5 cm³/mol. The first-order chi connectivity index (χ1) is 9.35. The molecule has 19 heavy (non-hydrogen) atoms. The van der Waals surface area contributed by atoms with E-state index in [0.717, 1.165) is 24.5 Å². The molecular formula is C17H34N2. The van der Waals surface area contributed by atoms with Crippen molar-refractivity contribution < 1.29 is 0 Å². The van der Waals surface area contributed by atoms with E-state index in [9.17, 15) is 0 Å². The Bertz CT molecular complexity index is 239. The molecule has 0 aromatic rings. The Kier molecular flexibility index (Phi) is 6.66. The van der Waals surface area contributed by atoms with Crippen molar-refractivity contribution >= 4 is 0 Å². The second-order valence-electron chi connectivity index (χ2n) is 6.64. The summed E-state index contributed by atoms with van der Waals surface area (Å²) in [7, 11) is 0. The van der Waals surface area contributed by atoms with E-state index in [1.165, 1.54) is 70.9 Å². The van der Waals surface area contributed by atoms with E-state index >= 15 is 0 Å². The van der Waals surface area contributed by atoms with Gasteiger partial charge in [-0.3, -0.25) is 4.90 Å². The zero-order valence-electron chi connectivity index (χ0n) is 13.2.